The highest BCUT2D eigenvalue weighted by atomic mass is 79.9. The maximum atomic E-state index is 11.6. The molecule has 0 unspecified atom stereocenters. The molecule has 0 aliphatic rings. The van der Waals surface area contributed by atoms with Crippen molar-refractivity contribution in [3.05, 3.63) is 103 Å². The number of ether oxygens (including phenoxy) is 2. The van der Waals surface area contributed by atoms with Crippen LogP contribution in [0.15, 0.2) is 75.8 Å². The van der Waals surface area contributed by atoms with Crippen LogP contribution in [-0.4, -0.2) is 23.1 Å². The number of hydrogen-bond donors (Lipinski definition) is 1. The minimum atomic E-state index is -0.452. The molecule has 0 bridgehead atoms. The van der Waals surface area contributed by atoms with Crippen molar-refractivity contribution in [1.29, 1.82) is 0 Å². The molecule has 0 saturated heterocycles. The molecular formula is C25H22Br2N2O4. The van der Waals surface area contributed by atoms with Crippen LogP contribution >= 0.6 is 31.9 Å². The molecule has 0 saturated carbocycles. The predicted octanol–water partition coefficient (Wildman–Crippen LogP) is 7.08. The summed E-state index contributed by atoms with van der Waals surface area (Å²) in [4.78, 5) is 14.5. The van der Waals surface area contributed by atoms with E-state index in [-0.39, 0.29) is 11.5 Å². The van der Waals surface area contributed by atoms with E-state index >= 15 is 0 Å². The zero-order valence-corrected chi connectivity index (χ0v) is 21.1. The topological polar surface area (TPSA) is 77.4 Å². The first kappa shape index (κ1) is 23.3. The van der Waals surface area contributed by atoms with Gasteiger partial charge in [-0.15, -0.1) is 0 Å². The third-order valence-electron chi connectivity index (χ3n) is 5.36. The summed E-state index contributed by atoms with van der Waals surface area (Å²) < 4.78 is 13.7. The molecule has 0 fully saturated rings. The van der Waals surface area contributed by atoms with Crippen LogP contribution in [0.4, 0.5) is 0 Å². The van der Waals surface area contributed by atoms with Gasteiger partial charge < -0.3 is 14.5 Å². The Hall–Kier alpha value is -2.84. The number of hydrogen-bond acceptors (Lipinski definition) is 4. The third kappa shape index (κ3) is 5.39. The van der Waals surface area contributed by atoms with E-state index in [9.17, 15) is 10.1 Å². The highest BCUT2D eigenvalue weighted by Crippen LogP contribution is 2.41. The van der Waals surface area contributed by atoms with Crippen molar-refractivity contribution in [2.45, 2.75) is 19.4 Å². The van der Waals surface area contributed by atoms with Gasteiger partial charge in [0.1, 0.15) is 6.61 Å². The average molecular weight is 574 g/mol. The van der Waals surface area contributed by atoms with Crippen molar-refractivity contribution in [3.63, 3.8) is 0 Å². The molecule has 8 heteroatoms. The number of para-hydroxylation sites is 1. The molecule has 3 aromatic carbocycles. The molecular weight excluding hydrogens is 552 g/mol. The number of nitro groups is 1. The first-order valence-corrected chi connectivity index (χ1v) is 12.1. The summed E-state index contributed by atoms with van der Waals surface area (Å²) in [6.45, 7) is 2.47. The van der Waals surface area contributed by atoms with Crippen LogP contribution in [0.3, 0.4) is 0 Å². The van der Waals surface area contributed by atoms with Crippen LogP contribution < -0.4 is 9.47 Å². The van der Waals surface area contributed by atoms with Gasteiger partial charge in [0.2, 0.25) is 6.54 Å². The highest BCUT2D eigenvalue weighted by molar-refractivity contribution is 9.10. The molecule has 0 spiro atoms. The minimum absolute atomic E-state index is 0.237. The van der Waals surface area contributed by atoms with E-state index in [4.69, 9.17) is 9.47 Å². The van der Waals surface area contributed by atoms with Crippen molar-refractivity contribution in [3.8, 4) is 11.5 Å². The van der Waals surface area contributed by atoms with Gasteiger partial charge in [-0.25, -0.2) is 0 Å². The van der Waals surface area contributed by atoms with Crippen LogP contribution in [0.5, 0.6) is 11.5 Å². The largest absolute Gasteiger partial charge is 0.490 e. The quantitative estimate of drug-likeness (QED) is 0.171. The van der Waals surface area contributed by atoms with E-state index in [0.29, 0.717) is 29.2 Å². The fourth-order valence-electron chi connectivity index (χ4n) is 3.84. The van der Waals surface area contributed by atoms with Gasteiger partial charge in [0.15, 0.2) is 11.5 Å². The van der Waals surface area contributed by atoms with Gasteiger partial charge in [0.25, 0.3) is 0 Å². The maximum absolute atomic E-state index is 11.6. The van der Waals surface area contributed by atoms with E-state index in [1.54, 1.807) is 0 Å². The Balaban J connectivity index is 1.72. The molecule has 33 heavy (non-hydrogen) atoms. The van der Waals surface area contributed by atoms with Crippen molar-refractivity contribution in [2.75, 3.05) is 13.2 Å². The first-order chi connectivity index (χ1) is 16.0. The number of H-pyrrole nitrogens is 1. The maximum Gasteiger partial charge on any atom is 0.214 e. The lowest BCUT2D eigenvalue weighted by Crippen LogP contribution is -2.14. The van der Waals surface area contributed by atoms with Crippen LogP contribution in [0.25, 0.3) is 10.9 Å². The summed E-state index contributed by atoms with van der Waals surface area (Å²) in [5.41, 5.74) is 3.61. The van der Waals surface area contributed by atoms with E-state index in [2.05, 4.69) is 36.8 Å². The van der Waals surface area contributed by atoms with E-state index in [1.165, 1.54) is 0 Å². The summed E-state index contributed by atoms with van der Waals surface area (Å²) >= 11 is 7.05. The number of aromatic nitrogens is 1. The number of halogens is 2. The molecule has 1 heterocycles. The van der Waals surface area contributed by atoms with Gasteiger partial charge in [-0.05, 0) is 69.9 Å². The third-order valence-corrected chi connectivity index (χ3v) is 6.48. The van der Waals surface area contributed by atoms with Gasteiger partial charge in [0.05, 0.1) is 17.0 Å². The highest BCUT2D eigenvalue weighted by Gasteiger charge is 2.26. The van der Waals surface area contributed by atoms with Crippen LogP contribution in [0, 0.1) is 10.1 Å². The van der Waals surface area contributed by atoms with E-state index < -0.39 is 5.92 Å². The van der Waals surface area contributed by atoms with Gasteiger partial charge in [-0.1, -0.05) is 46.3 Å². The second-order valence-electron chi connectivity index (χ2n) is 7.54. The molecule has 4 rings (SSSR count). The Morgan fingerprint density at radius 2 is 1.82 bits per heavy atom. The molecule has 1 N–H and O–H groups in total. The Labute approximate surface area is 208 Å². The molecule has 0 aliphatic carbocycles. The Morgan fingerprint density at radius 1 is 1.06 bits per heavy atom. The molecule has 1 atom stereocenters. The van der Waals surface area contributed by atoms with Crippen molar-refractivity contribution >= 4 is 42.8 Å². The van der Waals surface area contributed by atoms with Crippen LogP contribution in [0.1, 0.15) is 29.5 Å². The monoisotopic (exact) mass is 572 g/mol. The number of fused-ring (bicyclic) bond motifs is 1. The number of nitrogens with zero attached hydrogens (tertiary/aromatic N) is 1. The molecule has 0 radical (unpaired) electrons. The second-order valence-corrected chi connectivity index (χ2v) is 9.31. The Kier molecular flexibility index (Phi) is 7.35. The van der Waals surface area contributed by atoms with E-state index in [0.717, 1.165) is 32.1 Å². The molecule has 0 aliphatic heterocycles. The lowest BCUT2D eigenvalue weighted by Gasteiger charge is -2.19. The number of nitrogens with one attached hydrogen (secondary N) is 1. The van der Waals surface area contributed by atoms with Gasteiger partial charge in [0, 0.05) is 26.5 Å². The zero-order chi connectivity index (χ0) is 23.4. The molecule has 6 nitrogen and oxygen atoms in total. The average Bonchev–Trinajstić information content (AvgIpc) is 3.22. The van der Waals surface area contributed by atoms with Gasteiger partial charge in [-0.2, -0.15) is 0 Å². The predicted molar refractivity (Wildman–Crippen MR) is 136 cm³/mol. The summed E-state index contributed by atoms with van der Waals surface area (Å²) in [5, 5.41) is 12.6. The van der Waals surface area contributed by atoms with Crippen molar-refractivity contribution in [1.82, 2.24) is 4.98 Å². The van der Waals surface area contributed by atoms with Crippen LogP contribution in [0.2, 0.25) is 0 Å². The van der Waals surface area contributed by atoms with Crippen LogP contribution in [-0.2, 0) is 6.61 Å². The normalized spacial score (nSPS) is 12.0. The molecule has 0 amide bonds. The summed E-state index contributed by atoms with van der Waals surface area (Å²) in [6.07, 6.45) is 1.85. The SMILES string of the molecule is CCOc1cc([C@@H](C[N+](=O)[O-])c2c[nH]c3ccccc23)cc(Br)c1OCc1ccc(Br)cc1. The van der Waals surface area contributed by atoms with E-state index in [1.807, 2.05) is 73.8 Å². The van der Waals surface area contributed by atoms with Gasteiger partial charge >= 0.3 is 0 Å². The number of rotatable bonds is 9. The number of aromatic amines is 1. The van der Waals surface area contributed by atoms with Crippen molar-refractivity contribution in [2.24, 2.45) is 0 Å². The summed E-state index contributed by atoms with van der Waals surface area (Å²) in [7, 11) is 0. The summed E-state index contributed by atoms with van der Waals surface area (Å²) in [6, 6.07) is 19.4. The lowest BCUT2D eigenvalue weighted by molar-refractivity contribution is -0.481. The van der Waals surface area contributed by atoms with Gasteiger partial charge in [-0.3, -0.25) is 10.1 Å². The number of benzene rings is 3. The fraction of sp³-hybridized carbons (Fsp3) is 0.200. The minimum Gasteiger partial charge on any atom is -0.490 e. The zero-order valence-electron chi connectivity index (χ0n) is 17.9. The standard InChI is InChI=1S/C25H22Br2N2O4/c1-2-32-24-12-17(11-22(27)25(24)33-15-16-7-9-18(26)10-8-16)21(14-29(30)31)20-13-28-23-6-4-3-5-19(20)23/h3-13,21,28H,2,14-15H2,1H3/t21-/m1/s1. The smallest absolute Gasteiger partial charge is 0.214 e. The fourth-order valence-corrected chi connectivity index (χ4v) is 4.68. The van der Waals surface area contributed by atoms with Crippen molar-refractivity contribution < 1.29 is 14.4 Å². The summed E-state index contributed by atoms with van der Waals surface area (Å²) in [5.74, 6) is 0.668. The Morgan fingerprint density at radius 3 is 2.55 bits per heavy atom. The first-order valence-electron chi connectivity index (χ1n) is 10.5. The lowest BCUT2D eigenvalue weighted by atomic mass is 9.90. The molecule has 4 aromatic rings. The molecule has 170 valence electrons. The Bertz CT molecular complexity index is 1270. The molecule has 1 aromatic heterocycles. The second kappa shape index (κ2) is 10.4.